The van der Waals surface area contributed by atoms with Gasteiger partial charge in [-0.2, -0.15) is 0 Å². The molecule has 3 aromatic rings. The summed E-state index contributed by atoms with van der Waals surface area (Å²) >= 11 is 0. The van der Waals surface area contributed by atoms with Crippen molar-refractivity contribution in [2.24, 2.45) is 0 Å². The van der Waals surface area contributed by atoms with Crippen molar-refractivity contribution in [2.75, 3.05) is 29.9 Å². The van der Waals surface area contributed by atoms with E-state index < -0.39 is 27.4 Å². The number of amides is 1. The second kappa shape index (κ2) is 9.16. The lowest BCUT2D eigenvalue weighted by molar-refractivity contribution is -0.384. The predicted molar refractivity (Wildman–Crippen MR) is 124 cm³/mol. The van der Waals surface area contributed by atoms with E-state index in [-0.39, 0.29) is 10.6 Å². The largest absolute Gasteiger partial charge is 0.366 e. The maximum Gasteiger partial charge on any atom is 0.293 e. The minimum absolute atomic E-state index is 0.272. The lowest BCUT2D eigenvalue weighted by Crippen LogP contribution is -2.33. The number of para-hydroxylation sites is 2. The highest BCUT2D eigenvalue weighted by atomic mass is 32.2. The smallest absolute Gasteiger partial charge is 0.293 e. The van der Waals surface area contributed by atoms with Gasteiger partial charge >= 0.3 is 0 Å². The third-order valence-electron chi connectivity index (χ3n) is 5.55. The molecular weight excluding hydrogens is 448 g/mol. The molecule has 11 nitrogen and oxygen atoms in total. The molecule has 1 amide bonds. The molecule has 2 aromatic carbocycles. The molecule has 33 heavy (non-hydrogen) atoms. The van der Waals surface area contributed by atoms with Crippen molar-refractivity contribution >= 4 is 44.3 Å². The van der Waals surface area contributed by atoms with Gasteiger partial charge in [0.05, 0.1) is 27.4 Å². The minimum atomic E-state index is -4.15. The number of hydrogen-bond donors (Lipinski definition) is 2. The summed E-state index contributed by atoms with van der Waals surface area (Å²) in [5.41, 5.74) is 1.68. The summed E-state index contributed by atoms with van der Waals surface area (Å²) in [5.74, 6) is -0.291. The van der Waals surface area contributed by atoms with E-state index in [1.54, 1.807) is 0 Å². The number of aryl methyl sites for hydroxylation is 1. The van der Waals surface area contributed by atoms with Gasteiger partial charge in [0.25, 0.3) is 5.69 Å². The van der Waals surface area contributed by atoms with E-state index in [1.165, 1.54) is 12.1 Å². The van der Waals surface area contributed by atoms with Crippen molar-refractivity contribution in [3.05, 3.63) is 52.6 Å². The number of nitro groups is 1. The van der Waals surface area contributed by atoms with Crippen LogP contribution in [0.5, 0.6) is 0 Å². The minimum Gasteiger partial charge on any atom is -0.366 e. The first-order valence-electron chi connectivity index (χ1n) is 10.6. The number of fused-ring (bicyclic) bond motifs is 1. The van der Waals surface area contributed by atoms with Crippen LogP contribution in [0.1, 0.15) is 19.8 Å². The number of hydrogen-bond acceptors (Lipinski definition) is 7. The van der Waals surface area contributed by atoms with Crippen molar-refractivity contribution in [3.63, 3.8) is 0 Å². The Morgan fingerprint density at radius 3 is 2.61 bits per heavy atom. The summed E-state index contributed by atoms with van der Waals surface area (Å²) in [6.07, 6.45) is 1.86. The summed E-state index contributed by atoms with van der Waals surface area (Å²) in [6, 6.07) is 11.2. The van der Waals surface area contributed by atoms with Gasteiger partial charge in [-0.05, 0) is 44.0 Å². The summed E-state index contributed by atoms with van der Waals surface area (Å²) in [4.78, 5) is 29.4. The normalized spacial score (nSPS) is 14.0. The first-order chi connectivity index (χ1) is 15.8. The topological polar surface area (TPSA) is 139 Å². The molecule has 174 valence electrons. The highest BCUT2D eigenvalue weighted by Gasteiger charge is 2.26. The van der Waals surface area contributed by atoms with Crippen LogP contribution in [0.15, 0.2) is 47.4 Å². The molecule has 1 fully saturated rings. The number of nitrogens with zero attached hydrogens (tertiary/aromatic N) is 4. The molecule has 0 aliphatic carbocycles. The molecule has 4 rings (SSSR count). The number of carbonyl (C=O) groups is 1. The van der Waals surface area contributed by atoms with Crippen molar-refractivity contribution in [1.29, 1.82) is 0 Å². The van der Waals surface area contributed by atoms with Crippen LogP contribution < -0.4 is 14.9 Å². The number of aromatic nitrogens is 2. The second-order valence-electron chi connectivity index (χ2n) is 7.64. The van der Waals surface area contributed by atoms with Crippen LogP contribution in [0.2, 0.25) is 0 Å². The number of anilines is 2. The Labute approximate surface area is 190 Å². The van der Waals surface area contributed by atoms with E-state index in [0.717, 1.165) is 24.4 Å². The monoisotopic (exact) mass is 472 g/mol. The first-order valence-corrected chi connectivity index (χ1v) is 12.1. The van der Waals surface area contributed by atoms with Crippen LogP contribution in [0.3, 0.4) is 0 Å². The number of carbonyl (C=O) groups excluding carboxylic acids is 1. The number of imidazole rings is 1. The summed E-state index contributed by atoms with van der Waals surface area (Å²) in [6.45, 7) is 3.30. The Hall–Kier alpha value is -3.51. The molecule has 12 heteroatoms. The van der Waals surface area contributed by atoms with Crippen LogP contribution in [0.25, 0.3) is 11.0 Å². The second-order valence-corrected chi connectivity index (χ2v) is 9.41. The average Bonchev–Trinajstić information content (AvgIpc) is 3.45. The maximum absolute atomic E-state index is 12.7. The third kappa shape index (κ3) is 4.66. The molecule has 2 N–H and O–H groups in total. The molecule has 0 atom stereocenters. The van der Waals surface area contributed by atoms with E-state index in [2.05, 4.69) is 15.0 Å². The van der Waals surface area contributed by atoms with Crippen LogP contribution in [0, 0.1) is 10.1 Å². The fourth-order valence-corrected chi connectivity index (χ4v) is 4.95. The molecule has 2 heterocycles. The zero-order chi connectivity index (χ0) is 23.6. The maximum atomic E-state index is 12.7. The molecule has 1 saturated heterocycles. The van der Waals surface area contributed by atoms with Gasteiger partial charge < -0.3 is 9.47 Å². The molecule has 0 spiro atoms. The van der Waals surface area contributed by atoms with Gasteiger partial charge in [0.1, 0.15) is 5.69 Å². The van der Waals surface area contributed by atoms with E-state index in [4.69, 9.17) is 0 Å². The van der Waals surface area contributed by atoms with E-state index in [1.807, 2.05) is 40.7 Å². The van der Waals surface area contributed by atoms with Crippen LogP contribution in [0.4, 0.5) is 17.3 Å². The van der Waals surface area contributed by atoms with E-state index >= 15 is 0 Å². The van der Waals surface area contributed by atoms with Crippen molar-refractivity contribution < 1.29 is 18.1 Å². The summed E-state index contributed by atoms with van der Waals surface area (Å²) in [7, 11) is -4.15. The Balaban J connectivity index is 1.48. The highest BCUT2D eigenvalue weighted by Crippen LogP contribution is 2.32. The van der Waals surface area contributed by atoms with Gasteiger partial charge in [0.2, 0.25) is 21.9 Å². The Kier molecular flexibility index (Phi) is 6.29. The summed E-state index contributed by atoms with van der Waals surface area (Å²) < 4.78 is 29.4. The predicted octanol–water partition coefficient (Wildman–Crippen LogP) is 2.48. The quantitative estimate of drug-likeness (QED) is 0.379. The van der Waals surface area contributed by atoms with Crippen molar-refractivity contribution in [3.8, 4) is 0 Å². The van der Waals surface area contributed by atoms with Crippen LogP contribution >= 0.6 is 0 Å². The SMILES string of the molecule is CCn1c(NC(=O)CNS(=O)(=O)c2ccc(N3CCCC3)c([N+](=O)[O-])c2)nc2ccccc21. The Bertz CT molecular complexity index is 1310. The molecule has 0 radical (unpaired) electrons. The van der Waals surface area contributed by atoms with Gasteiger partial charge in [-0.3, -0.25) is 20.2 Å². The molecule has 0 bridgehead atoms. The first kappa shape index (κ1) is 22.7. The number of nitrogens with one attached hydrogen (secondary N) is 2. The van der Waals surface area contributed by atoms with Crippen molar-refractivity contribution in [2.45, 2.75) is 31.2 Å². The molecular formula is C21H24N6O5S. The average molecular weight is 473 g/mol. The molecule has 1 aliphatic heterocycles. The van der Waals surface area contributed by atoms with Crippen LogP contribution in [-0.4, -0.2) is 48.4 Å². The lowest BCUT2D eigenvalue weighted by atomic mass is 10.2. The van der Waals surface area contributed by atoms with Crippen LogP contribution in [-0.2, 0) is 21.4 Å². The van der Waals surface area contributed by atoms with Gasteiger partial charge in [-0.1, -0.05) is 12.1 Å². The molecule has 0 saturated carbocycles. The van der Waals surface area contributed by atoms with Gasteiger partial charge in [0.15, 0.2) is 0 Å². The Morgan fingerprint density at radius 1 is 1.18 bits per heavy atom. The van der Waals surface area contributed by atoms with Crippen molar-refractivity contribution in [1.82, 2.24) is 14.3 Å². The third-order valence-corrected chi connectivity index (χ3v) is 6.94. The number of benzene rings is 2. The van der Waals surface area contributed by atoms with Gasteiger partial charge in [-0.15, -0.1) is 0 Å². The fourth-order valence-electron chi connectivity index (χ4n) is 3.95. The zero-order valence-corrected chi connectivity index (χ0v) is 18.8. The summed E-state index contributed by atoms with van der Waals surface area (Å²) in [5, 5.41) is 14.2. The number of rotatable bonds is 8. The highest BCUT2D eigenvalue weighted by molar-refractivity contribution is 7.89. The zero-order valence-electron chi connectivity index (χ0n) is 18.0. The molecule has 1 aromatic heterocycles. The van der Waals surface area contributed by atoms with Gasteiger partial charge in [-0.25, -0.2) is 18.1 Å². The standard InChI is InChI=1S/C21H24N6O5S/c1-2-26-17-8-4-3-7-16(17)23-21(26)24-20(28)14-22-33(31,32)15-9-10-18(19(13-15)27(29)30)25-11-5-6-12-25/h3-4,7-10,13,22H,2,5-6,11-12,14H2,1H3,(H,23,24,28). The fraction of sp³-hybridized carbons (Fsp3) is 0.333. The lowest BCUT2D eigenvalue weighted by Gasteiger charge is -2.18. The number of sulfonamides is 1. The molecule has 1 aliphatic rings. The van der Waals surface area contributed by atoms with Gasteiger partial charge in [0, 0.05) is 25.7 Å². The number of nitro benzene ring substituents is 1. The molecule has 0 unspecified atom stereocenters. The van der Waals surface area contributed by atoms with E-state index in [9.17, 15) is 23.3 Å². The van der Waals surface area contributed by atoms with E-state index in [0.29, 0.717) is 36.8 Å². The Morgan fingerprint density at radius 2 is 1.91 bits per heavy atom.